The van der Waals surface area contributed by atoms with Crippen LogP contribution in [-0.4, -0.2) is 6.18 Å². The van der Waals surface area contributed by atoms with E-state index < -0.39 is 17.5 Å². The Morgan fingerprint density at radius 2 is 1.87 bits per heavy atom. The number of nitrogens with zero attached hydrogens (tertiary/aromatic N) is 1. The van der Waals surface area contributed by atoms with Gasteiger partial charge in [-0.1, -0.05) is 30.3 Å². The summed E-state index contributed by atoms with van der Waals surface area (Å²) in [5.74, 6) is -1.50. The van der Waals surface area contributed by atoms with Crippen LogP contribution >= 0.6 is 0 Å². The van der Waals surface area contributed by atoms with E-state index in [1.54, 1.807) is 36.4 Å². The summed E-state index contributed by atoms with van der Waals surface area (Å²) in [7, 11) is 0. The molecule has 1 fully saturated rings. The summed E-state index contributed by atoms with van der Waals surface area (Å²) in [5.41, 5.74) is -0.866. The van der Waals surface area contributed by atoms with E-state index in [1.807, 2.05) is 0 Å². The minimum absolute atomic E-state index is 0.114. The van der Waals surface area contributed by atoms with Gasteiger partial charge in [0.05, 0.1) is 17.4 Å². The van der Waals surface area contributed by atoms with Gasteiger partial charge in [-0.25, -0.2) is 0 Å². The first-order chi connectivity index (χ1) is 7.00. The smallest absolute Gasteiger partial charge is 0.197 e. The van der Waals surface area contributed by atoms with Crippen molar-refractivity contribution >= 4 is 0 Å². The third kappa shape index (κ3) is 1.48. The molecule has 0 bridgehead atoms. The Kier molecular flexibility index (Phi) is 2.00. The molecule has 78 valence electrons. The van der Waals surface area contributed by atoms with Gasteiger partial charge < -0.3 is 0 Å². The minimum atomic E-state index is -4.27. The van der Waals surface area contributed by atoms with Crippen LogP contribution in [0.1, 0.15) is 12.0 Å². The third-order valence-electron chi connectivity index (χ3n) is 2.84. The zero-order chi connectivity index (χ0) is 11.1. The minimum Gasteiger partial charge on any atom is -0.197 e. The summed E-state index contributed by atoms with van der Waals surface area (Å²) in [4.78, 5) is 0. The molecule has 0 aliphatic heterocycles. The fourth-order valence-corrected chi connectivity index (χ4v) is 1.90. The van der Waals surface area contributed by atoms with Crippen LogP contribution in [0.5, 0.6) is 0 Å². The highest BCUT2D eigenvalue weighted by Crippen LogP contribution is 2.60. The lowest BCUT2D eigenvalue weighted by Gasteiger charge is -2.11. The van der Waals surface area contributed by atoms with E-state index in [2.05, 4.69) is 0 Å². The number of hydrogen-bond donors (Lipinski definition) is 0. The lowest BCUT2D eigenvalue weighted by atomic mass is 9.95. The van der Waals surface area contributed by atoms with Crippen molar-refractivity contribution < 1.29 is 13.2 Å². The van der Waals surface area contributed by atoms with Crippen molar-refractivity contribution in [2.75, 3.05) is 0 Å². The Bertz CT molecular complexity index is 404. The summed E-state index contributed by atoms with van der Waals surface area (Å²) in [6, 6.07) is 9.99. The topological polar surface area (TPSA) is 23.8 Å². The van der Waals surface area contributed by atoms with Crippen molar-refractivity contribution in [3.05, 3.63) is 35.9 Å². The predicted octanol–water partition coefficient (Wildman–Crippen LogP) is 3.03. The second-order valence-electron chi connectivity index (χ2n) is 3.75. The molecule has 0 spiro atoms. The molecule has 1 aromatic rings. The van der Waals surface area contributed by atoms with Crippen molar-refractivity contribution in [2.24, 2.45) is 5.92 Å². The monoisotopic (exact) mass is 211 g/mol. The van der Waals surface area contributed by atoms with Gasteiger partial charge in [0.25, 0.3) is 0 Å². The Balaban J connectivity index is 2.34. The van der Waals surface area contributed by atoms with Crippen molar-refractivity contribution in [2.45, 2.75) is 18.0 Å². The van der Waals surface area contributed by atoms with Gasteiger partial charge in [0.2, 0.25) is 0 Å². The zero-order valence-electron chi connectivity index (χ0n) is 7.75. The van der Waals surface area contributed by atoms with Gasteiger partial charge in [0.1, 0.15) is 0 Å². The average Bonchev–Trinajstić information content (AvgIpc) is 2.94. The summed E-state index contributed by atoms with van der Waals surface area (Å²) in [5, 5.41) is 8.89. The first kappa shape index (κ1) is 10.0. The largest absolute Gasteiger partial charge is 0.393 e. The van der Waals surface area contributed by atoms with Gasteiger partial charge in [-0.15, -0.1) is 0 Å². The van der Waals surface area contributed by atoms with Crippen LogP contribution in [0, 0.1) is 17.2 Å². The lowest BCUT2D eigenvalue weighted by molar-refractivity contribution is -0.150. The summed E-state index contributed by atoms with van der Waals surface area (Å²) in [6.07, 6.45) is -4.39. The van der Waals surface area contributed by atoms with E-state index in [-0.39, 0.29) is 6.42 Å². The van der Waals surface area contributed by atoms with Crippen LogP contribution in [0.3, 0.4) is 0 Å². The molecule has 1 aliphatic rings. The van der Waals surface area contributed by atoms with Crippen LogP contribution in [-0.2, 0) is 5.41 Å². The number of nitriles is 1. The molecule has 0 unspecified atom stereocenters. The van der Waals surface area contributed by atoms with Crippen LogP contribution in [0.4, 0.5) is 13.2 Å². The molecular weight excluding hydrogens is 203 g/mol. The van der Waals surface area contributed by atoms with Crippen molar-refractivity contribution in [3.8, 4) is 6.07 Å². The van der Waals surface area contributed by atoms with Crippen LogP contribution < -0.4 is 0 Å². The first-order valence-electron chi connectivity index (χ1n) is 4.54. The highest BCUT2D eigenvalue weighted by atomic mass is 19.4. The maximum absolute atomic E-state index is 12.5. The van der Waals surface area contributed by atoms with Crippen molar-refractivity contribution in [1.82, 2.24) is 0 Å². The fourth-order valence-electron chi connectivity index (χ4n) is 1.90. The van der Waals surface area contributed by atoms with Gasteiger partial charge in [-0.05, 0) is 12.0 Å². The first-order valence-corrected chi connectivity index (χ1v) is 4.54. The van der Waals surface area contributed by atoms with Gasteiger partial charge in [0, 0.05) is 0 Å². The molecule has 2 atom stereocenters. The van der Waals surface area contributed by atoms with Gasteiger partial charge in [-0.3, -0.25) is 0 Å². The molecular formula is C11H8F3N. The Morgan fingerprint density at radius 1 is 1.27 bits per heavy atom. The quantitative estimate of drug-likeness (QED) is 0.700. The molecule has 1 nitrogen and oxygen atoms in total. The lowest BCUT2D eigenvalue weighted by Crippen LogP contribution is -2.19. The zero-order valence-corrected chi connectivity index (χ0v) is 7.75. The molecule has 1 aliphatic carbocycles. The van der Waals surface area contributed by atoms with E-state index in [0.717, 1.165) is 0 Å². The Hall–Kier alpha value is -1.50. The van der Waals surface area contributed by atoms with E-state index in [9.17, 15) is 13.2 Å². The van der Waals surface area contributed by atoms with Crippen molar-refractivity contribution in [3.63, 3.8) is 0 Å². The average molecular weight is 211 g/mol. The molecule has 0 saturated heterocycles. The Labute approximate surface area is 85.1 Å². The van der Waals surface area contributed by atoms with Crippen LogP contribution in [0.25, 0.3) is 0 Å². The molecule has 2 rings (SSSR count). The summed E-state index contributed by atoms with van der Waals surface area (Å²) in [6.45, 7) is 0. The number of halogens is 3. The standard InChI is InChI=1S/C11H8F3N/c12-11(13,14)9-6-10(9,7-15)8-4-2-1-3-5-8/h1-5,9H,6H2/t9-,10-/m0/s1. The molecule has 0 amide bonds. The highest BCUT2D eigenvalue weighted by Gasteiger charge is 2.68. The van der Waals surface area contributed by atoms with E-state index >= 15 is 0 Å². The van der Waals surface area contributed by atoms with E-state index in [1.165, 1.54) is 0 Å². The number of hydrogen-bond acceptors (Lipinski definition) is 1. The maximum atomic E-state index is 12.5. The molecule has 15 heavy (non-hydrogen) atoms. The fraction of sp³-hybridized carbons (Fsp3) is 0.364. The van der Waals surface area contributed by atoms with E-state index in [4.69, 9.17) is 5.26 Å². The second kappa shape index (κ2) is 2.99. The molecule has 1 aromatic carbocycles. The maximum Gasteiger partial charge on any atom is 0.393 e. The number of alkyl halides is 3. The molecule has 4 heteroatoms. The number of rotatable bonds is 1. The molecule has 0 heterocycles. The molecule has 0 aromatic heterocycles. The highest BCUT2D eigenvalue weighted by molar-refractivity contribution is 5.42. The Morgan fingerprint density at radius 3 is 2.27 bits per heavy atom. The van der Waals surface area contributed by atoms with Gasteiger partial charge in [-0.2, -0.15) is 18.4 Å². The SMILES string of the molecule is N#C[C@]1(c2ccccc2)C[C@@H]1C(F)(F)F. The van der Waals surface area contributed by atoms with Crippen LogP contribution in [0.2, 0.25) is 0 Å². The summed E-state index contributed by atoms with van der Waals surface area (Å²) < 4.78 is 37.4. The third-order valence-corrected chi connectivity index (χ3v) is 2.84. The van der Waals surface area contributed by atoms with Gasteiger partial charge in [0.15, 0.2) is 0 Å². The van der Waals surface area contributed by atoms with E-state index in [0.29, 0.717) is 5.56 Å². The predicted molar refractivity (Wildman–Crippen MR) is 47.9 cm³/mol. The molecule has 0 radical (unpaired) electrons. The molecule has 0 N–H and O–H groups in total. The van der Waals surface area contributed by atoms with Crippen LogP contribution in [0.15, 0.2) is 30.3 Å². The van der Waals surface area contributed by atoms with Gasteiger partial charge >= 0.3 is 6.18 Å². The second-order valence-corrected chi connectivity index (χ2v) is 3.75. The number of benzene rings is 1. The van der Waals surface area contributed by atoms with Crippen molar-refractivity contribution in [1.29, 1.82) is 5.26 Å². The summed E-state index contributed by atoms with van der Waals surface area (Å²) >= 11 is 0. The molecule has 1 saturated carbocycles. The normalized spacial score (nSPS) is 29.6.